The zero-order valence-electron chi connectivity index (χ0n) is 17.2. The van der Waals surface area contributed by atoms with Crippen molar-refractivity contribution in [3.05, 3.63) is 74.5 Å². The third-order valence-corrected chi connectivity index (χ3v) is 6.19. The highest BCUT2D eigenvalue weighted by atomic mass is 127. The van der Waals surface area contributed by atoms with Gasteiger partial charge < -0.3 is 16.2 Å². The highest BCUT2D eigenvalue weighted by Gasteiger charge is 2.25. The largest absolute Gasteiger partial charge is 0.453 e. The number of pyridine rings is 2. The molecule has 1 amide bonds. The quantitative estimate of drug-likeness (QED) is 0.318. The standard InChI is InChI=1S/C22H17ClFIN6O2/c1-2-14-17(21(27)32)19(30-31(14)22-12(23)4-3-8-29-22)11-5-6-15(13(24)10-11)33-16-7-9-28-20(26)18(16)25/h3-10H,2H2,1H3,(H2,26,28)(H2,27,32). The number of amides is 1. The van der Waals surface area contributed by atoms with Gasteiger partial charge in [-0.05, 0) is 59.3 Å². The van der Waals surface area contributed by atoms with E-state index in [1.165, 1.54) is 23.0 Å². The number of benzene rings is 1. The normalized spacial score (nSPS) is 10.9. The highest BCUT2D eigenvalue weighted by molar-refractivity contribution is 14.1. The van der Waals surface area contributed by atoms with Crippen LogP contribution in [-0.2, 0) is 6.42 Å². The predicted octanol–water partition coefficient (Wildman–Crippen LogP) is 4.76. The summed E-state index contributed by atoms with van der Waals surface area (Å²) in [5, 5.41) is 4.87. The first-order valence-electron chi connectivity index (χ1n) is 9.72. The van der Waals surface area contributed by atoms with E-state index in [9.17, 15) is 4.79 Å². The van der Waals surface area contributed by atoms with E-state index in [1.54, 1.807) is 30.5 Å². The van der Waals surface area contributed by atoms with E-state index in [0.29, 0.717) is 37.8 Å². The zero-order valence-corrected chi connectivity index (χ0v) is 20.1. The molecule has 0 spiro atoms. The molecular formula is C22H17ClFIN6O2. The molecule has 0 unspecified atom stereocenters. The molecule has 0 aliphatic carbocycles. The maximum atomic E-state index is 15.0. The number of carbonyl (C=O) groups is 1. The fourth-order valence-electron chi connectivity index (χ4n) is 3.32. The first-order chi connectivity index (χ1) is 15.8. The SMILES string of the molecule is CCc1c(C(N)=O)c(-c2ccc(Oc3ccnc(N)c3I)c(F)c2)nn1-c1ncccc1Cl. The molecular weight excluding hydrogens is 562 g/mol. The van der Waals surface area contributed by atoms with Gasteiger partial charge in [0.25, 0.3) is 5.91 Å². The minimum absolute atomic E-state index is 0.0224. The van der Waals surface area contributed by atoms with Crippen LogP contribution in [0.3, 0.4) is 0 Å². The third-order valence-electron chi connectivity index (χ3n) is 4.81. The van der Waals surface area contributed by atoms with E-state index in [4.69, 9.17) is 27.8 Å². The van der Waals surface area contributed by atoms with Crippen LogP contribution in [0.25, 0.3) is 17.1 Å². The molecule has 3 aromatic heterocycles. The Balaban J connectivity index is 1.81. The summed E-state index contributed by atoms with van der Waals surface area (Å²) in [5.41, 5.74) is 12.7. The van der Waals surface area contributed by atoms with E-state index in [-0.39, 0.29) is 22.8 Å². The summed E-state index contributed by atoms with van der Waals surface area (Å²) in [6.45, 7) is 1.85. The number of hydrogen-bond donors (Lipinski definition) is 2. The smallest absolute Gasteiger partial charge is 0.252 e. The van der Waals surface area contributed by atoms with Crippen LogP contribution in [0, 0.1) is 9.39 Å². The summed E-state index contributed by atoms with van der Waals surface area (Å²) in [4.78, 5) is 20.6. The lowest BCUT2D eigenvalue weighted by Gasteiger charge is -2.10. The molecule has 8 nitrogen and oxygen atoms in total. The van der Waals surface area contributed by atoms with Crippen molar-refractivity contribution in [1.82, 2.24) is 19.7 Å². The van der Waals surface area contributed by atoms with Gasteiger partial charge in [0.15, 0.2) is 17.4 Å². The Bertz CT molecular complexity index is 1380. The number of rotatable bonds is 6. The van der Waals surface area contributed by atoms with Gasteiger partial charge in [-0.1, -0.05) is 18.5 Å². The number of ether oxygens (including phenoxy) is 1. The fraction of sp³-hybridized carbons (Fsp3) is 0.0909. The Morgan fingerprint density at radius 3 is 2.67 bits per heavy atom. The van der Waals surface area contributed by atoms with E-state index >= 15 is 4.39 Å². The van der Waals surface area contributed by atoms with Crippen molar-refractivity contribution < 1.29 is 13.9 Å². The van der Waals surface area contributed by atoms with Crippen molar-refractivity contribution in [2.75, 3.05) is 5.73 Å². The van der Waals surface area contributed by atoms with Crippen molar-refractivity contribution in [2.24, 2.45) is 5.73 Å². The Hall–Kier alpha value is -3.25. The van der Waals surface area contributed by atoms with Gasteiger partial charge in [-0.15, -0.1) is 0 Å². The fourth-order valence-corrected chi connectivity index (χ4v) is 3.95. The number of nitrogens with zero attached hydrogens (tertiary/aromatic N) is 4. The lowest BCUT2D eigenvalue weighted by atomic mass is 10.0. The Morgan fingerprint density at radius 2 is 2.00 bits per heavy atom. The van der Waals surface area contributed by atoms with Crippen molar-refractivity contribution in [3.63, 3.8) is 0 Å². The van der Waals surface area contributed by atoms with Gasteiger partial charge in [-0.25, -0.2) is 19.0 Å². The van der Waals surface area contributed by atoms with Crippen LogP contribution in [-0.4, -0.2) is 25.7 Å². The van der Waals surface area contributed by atoms with Crippen LogP contribution in [0.5, 0.6) is 11.5 Å². The van der Waals surface area contributed by atoms with Crippen LogP contribution in [0.4, 0.5) is 10.2 Å². The second-order valence-electron chi connectivity index (χ2n) is 6.86. The van der Waals surface area contributed by atoms with Crippen molar-refractivity contribution in [2.45, 2.75) is 13.3 Å². The molecule has 0 atom stereocenters. The van der Waals surface area contributed by atoms with E-state index in [2.05, 4.69) is 15.1 Å². The molecule has 0 radical (unpaired) electrons. The molecule has 0 saturated carbocycles. The first kappa shape index (κ1) is 22.9. The number of halogens is 3. The number of carbonyl (C=O) groups excluding carboxylic acids is 1. The van der Waals surface area contributed by atoms with Crippen LogP contribution in [0.1, 0.15) is 23.0 Å². The molecule has 4 rings (SSSR count). The van der Waals surface area contributed by atoms with Gasteiger partial charge in [0.2, 0.25) is 0 Å². The summed E-state index contributed by atoms with van der Waals surface area (Å²) in [7, 11) is 0. The van der Waals surface area contributed by atoms with E-state index < -0.39 is 11.7 Å². The number of nitrogen functional groups attached to an aromatic ring is 1. The van der Waals surface area contributed by atoms with Gasteiger partial charge in [0.1, 0.15) is 17.3 Å². The summed E-state index contributed by atoms with van der Waals surface area (Å²) < 4.78 is 22.7. The van der Waals surface area contributed by atoms with Crippen LogP contribution >= 0.6 is 34.2 Å². The number of nitrogens with two attached hydrogens (primary N) is 2. The van der Waals surface area contributed by atoms with E-state index in [1.807, 2.05) is 29.5 Å². The number of aromatic nitrogens is 4. The molecule has 4 aromatic rings. The number of primary amides is 1. The maximum Gasteiger partial charge on any atom is 0.252 e. The van der Waals surface area contributed by atoms with Crippen molar-refractivity contribution >= 4 is 45.9 Å². The monoisotopic (exact) mass is 578 g/mol. The second kappa shape index (κ2) is 9.32. The maximum absolute atomic E-state index is 15.0. The molecule has 3 heterocycles. The van der Waals surface area contributed by atoms with Crippen LogP contribution in [0.15, 0.2) is 48.8 Å². The Morgan fingerprint density at radius 1 is 1.21 bits per heavy atom. The molecule has 0 fully saturated rings. The van der Waals surface area contributed by atoms with Gasteiger partial charge in [-0.3, -0.25) is 4.79 Å². The molecule has 0 aliphatic heterocycles. The molecule has 0 saturated heterocycles. The van der Waals surface area contributed by atoms with Crippen LogP contribution < -0.4 is 16.2 Å². The average Bonchev–Trinajstić information content (AvgIpc) is 3.18. The molecule has 0 aliphatic rings. The highest BCUT2D eigenvalue weighted by Crippen LogP contribution is 2.34. The molecule has 11 heteroatoms. The lowest BCUT2D eigenvalue weighted by molar-refractivity contribution is 0.1000. The zero-order chi connectivity index (χ0) is 23.7. The first-order valence-corrected chi connectivity index (χ1v) is 11.2. The molecule has 4 N–H and O–H groups in total. The minimum Gasteiger partial charge on any atom is -0.453 e. The van der Waals surface area contributed by atoms with Crippen molar-refractivity contribution in [1.29, 1.82) is 0 Å². The van der Waals surface area contributed by atoms with Crippen LogP contribution in [0.2, 0.25) is 5.02 Å². The van der Waals surface area contributed by atoms with Gasteiger partial charge in [0.05, 0.1) is 19.9 Å². The second-order valence-corrected chi connectivity index (χ2v) is 8.35. The third kappa shape index (κ3) is 4.35. The summed E-state index contributed by atoms with van der Waals surface area (Å²) >= 11 is 8.27. The molecule has 1 aromatic carbocycles. The number of hydrogen-bond acceptors (Lipinski definition) is 6. The average molecular weight is 579 g/mol. The van der Waals surface area contributed by atoms with E-state index in [0.717, 1.165) is 0 Å². The lowest BCUT2D eigenvalue weighted by Crippen LogP contribution is -2.15. The van der Waals surface area contributed by atoms with Gasteiger partial charge in [0, 0.05) is 24.0 Å². The molecule has 0 bridgehead atoms. The molecule has 33 heavy (non-hydrogen) atoms. The molecule has 168 valence electrons. The Kier molecular flexibility index (Phi) is 6.47. The number of anilines is 1. The topological polar surface area (TPSA) is 122 Å². The van der Waals surface area contributed by atoms with Gasteiger partial charge >= 0.3 is 0 Å². The summed E-state index contributed by atoms with van der Waals surface area (Å²) in [6.07, 6.45) is 3.45. The summed E-state index contributed by atoms with van der Waals surface area (Å²) in [5.74, 6) is -0.377. The summed E-state index contributed by atoms with van der Waals surface area (Å²) in [6, 6.07) is 9.19. The van der Waals surface area contributed by atoms with Gasteiger partial charge in [-0.2, -0.15) is 5.10 Å². The minimum atomic E-state index is -0.692. The van der Waals surface area contributed by atoms with Crippen molar-refractivity contribution in [3.8, 4) is 28.6 Å². The predicted molar refractivity (Wildman–Crippen MR) is 131 cm³/mol. The Labute approximate surface area is 206 Å².